The lowest BCUT2D eigenvalue weighted by atomic mass is 10.1. The Bertz CT molecular complexity index is 1100. The Morgan fingerprint density at radius 1 is 1.10 bits per heavy atom. The van der Waals surface area contributed by atoms with Gasteiger partial charge in [-0.1, -0.05) is 6.92 Å². The molecule has 1 saturated heterocycles. The van der Waals surface area contributed by atoms with Crippen LogP contribution in [0.5, 0.6) is 0 Å². The molecule has 0 aliphatic carbocycles. The van der Waals surface area contributed by atoms with E-state index in [9.17, 15) is 9.59 Å². The number of anilines is 1. The lowest BCUT2D eigenvalue weighted by molar-refractivity contribution is 0.0952. The first kappa shape index (κ1) is 20.0. The van der Waals surface area contributed by atoms with E-state index < -0.39 is 0 Å². The molecule has 0 saturated carbocycles. The van der Waals surface area contributed by atoms with Crippen molar-refractivity contribution in [3.63, 3.8) is 0 Å². The number of piperazine rings is 1. The number of aryl methyl sites for hydroxylation is 1. The van der Waals surface area contributed by atoms with Crippen LogP contribution in [-0.2, 0) is 13.0 Å². The van der Waals surface area contributed by atoms with Crippen molar-refractivity contribution in [3.8, 4) is 0 Å². The standard InChI is InChI=1S/C21H25N7O2/c1-3-15-9-17-18(26-20(15)29)8-14(10-23-17)13-27-4-6-28(7-5-27)16-11-24-19(25-12-16)21(30)22-2/h8-12H,3-7,13H2,1-2H3,(H,22,30)(H,26,29). The van der Waals surface area contributed by atoms with Crippen molar-refractivity contribution >= 4 is 22.6 Å². The van der Waals surface area contributed by atoms with Crippen LogP contribution in [0.1, 0.15) is 28.7 Å². The Morgan fingerprint density at radius 3 is 2.50 bits per heavy atom. The number of amides is 1. The molecule has 3 aromatic heterocycles. The molecule has 0 aromatic carbocycles. The van der Waals surface area contributed by atoms with Crippen molar-refractivity contribution in [2.75, 3.05) is 38.1 Å². The van der Waals surface area contributed by atoms with Gasteiger partial charge in [0, 0.05) is 51.5 Å². The van der Waals surface area contributed by atoms with Crippen LogP contribution in [0.25, 0.3) is 11.0 Å². The molecule has 1 aliphatic heterocycles. The normalized spacial score (nSPS) is 14.8. The van der Waals surface area contributed by atoms with Gasteiger partial charge in [0.25, 0.3) is 11.5 Å². The van der Waals surface area contributed by atoms with Gasteiger partial charge >= 0.3 is 0 Å². The number of H-pyrrole nitrogens is 1. The zero-order valence-electron chi connectivity index (χ0n) is 17.2. The second-order valence-electron chi connectivity index (χ2n) is 7.36. The monoisotopic (exact) mass is 407 g/mol. The van der Waals surface area contributed by atoms with Crippen LogP contribution in [0.4, 0.5) is 5.69 Å². The Hall–Kier alpha value is -3.33. The molecular formula is C21H25N7O2. The first-order chi connectivity index (χ1) is 14.6. The van der Waals surface area contributed by atoms with Crippen molar-refractivity contribution in [1.29, 1.82) is 0 Å². The van der Waals surface area contributed by atoms with Gasteiger partial charge in [-0.3, -0.25) is 19.5 Å². The molecular weight excluding hydrogens is 382 g/mol. The largest absolute Gasteiger partial charge is 0.366 e. The van der Waals surface area contributed by atoms with E-state index in [1.165, 1.54) is 0 Å². The average molecular weight is 407 g/mol. The maximum atomic E-state index is 12.1. The number of carbonyl (C=O) groups excluding carboxylic acids is 1. The molecule has 1 aliphatic rings. The zero-order valence-corrected chi connectivity index (χ0v) is 17.2. The minimum Gasteiger partial charge on any atom is -0.366 e. The number of pyridine rings is 2. The number of aromatic amines is 1. The highest BCUT2D eigenvalue weighted by molar-refractivity contribution is 5.90. The zero-order chi connectivity index (χ0) is 21.1. The topological polar surface area (TPSA) is 107 Å². The lowest BCUT2D eigenvalue weighted by Gasteiger charge is -2.35. The summed E-state index contributed by atoms with van der Waals surface area (Å²) in [5.41, 5.74) is 4.31. The van der Waals surface area contributed by atoms with Crippen molar-refractivity contribution in [3.05, 3.63) is 58.0 Å². The number of hydrogen-bond donors (Lipinski definition) is 2. The second-order valence-corrected chi connectivity index (χ2v) is 7.36. The fourth-order valence-corrected chi connectivity index (χ4v) is 3.65. The van der Waals surface area contributed by atoms with Crippen molar-refractivity contribution < 1.29 is 4.79 Å². The fourth-order valence-electron chi connectivity index (χ4n) is 3.65. The van der Waals surface area contributed by atoms with Crippen LogP contribution >= 0.6 is 0 Å². The molecule has 1 fully saturated rings. The van der Waals surface area contributed by atoms with E-state index >= 15 is 0 Å². The molecule has 0 atom stereocenters. The molecule has 9 nitrogen and oxygen atoms in total. The third-order valence-corrected chi connectivity index (χ3v) is 5.42. The summed E-state index contributed by atoms with van der Waals surface area (Å²) in [6.07, 6.45) is 5.97. The molecule has 0 unspecified atom stereocenters. The molecule has 4 rings (SSSR count). The van der Waals surface area contributed by atoms with Crippen LogP contribution in [0.2, 0.25) is 0 Å². The van der Waals surface area contributed by atoms with E-state index in [2.05, 4.69) is 35.1 Å². The Labute approximate surface area is 174 Å². The summed E-state index contributed by atoms with van der Waals surface area (Å²) in [7, 11) is 1.56. The summed E-state index contributed by atoms with van der Waals surface area (Å²) >= 11 is 0. The molecule has 0 radical (unpaired) electrons. The van der Waals surface area contributed by atoms with Crippen molar-refractivity contribution in [2.45, 2.75) is 19.9 Å². The first-order valence-corrected chi connectivity index (χ1v) is 10.1. The van der Waals surface area contributed by atoms with Gasteiger partial charge in [-0.05, 0) is 24.1 Å². The van der Waals surface area contributed by atoms with Crippen molar-refractivity contribution in [1.82, 2.24) is 30.2 Å². The summed E-state index contributed by atoms with van der Waals surface area (Å²) < 4.78 is 0. The van der Waals surface area contributed by atoms with Gasteiger partial charge in [-0.15, -0.1) is 0 Å². The van der Waals surface area contributed by atoms with Gasteiger partial charge in [-0.25, -0.2) is 9.97 Å². The number of carbonyl (C=O) groups is 1. The summed E-state index contributed by atoms with van der Waals surface area (Å²) in [5.74, 6) is -0.115. The van der Waals surface area contributed by atoms with Crippen LogP contribution < -0.4 is 15.8 Å². The first-order valence-electron chi connectivity index (χ1n) is 10.1. The highest BCUT2D eigenvalue weighted by Crippen LogP contribution is 2.17. The van der Waals surface area contributed by atoms with E-state index in [-0.39, 0.29) is 17.3 Å². The molecule has 156 valence electrons. The molecule has 9 heteroatoms. The van der Waals surface area contributed by atoms with Crippen LogP contribution in [-0.4, -0.2) is 64.0 Å². The molecule has 4 heterocycles. The third kappa shape index (κ3) is 4.16. The van der Waals surface area contributed by atoms with Crippen LogP contribution in [0, 0.1) is 0 Å². The van der Waals surface area contributed by atoms with E-state index in [0.29, 0.717) is 6.42 Å². The predicted molar refractivity (Wildman–Crippen MR) is 115 cm³/mol. The van der Waals surface area contributed by atoms with Gasteiger partial charge in [0.15, 0.2) is 0 Å². The molecule has 3 aromatic rings. The third-order valence-electron chi connectivity index (χ3n) is 5.42. The maximum absolute atomic E-state index is 12.1. The molecule has 0 bridgehead atoms. The number of nitrogens with zero attached hydrogens (tertiary/aromatic N) is 5. The van der Waals surface area contributed by atoms with E-state index in [1.54, 1.807) is 19.4 Å². The Morgan fingerprint density at radius 2 is 1.83 bits per heavy atom. The highest BCUT2D eigenvalue weighted by atomic mass is 16.2. The summed E-state index contributed by atoms with van der Waals surface area (Å²) in [6, 6.07) is 3.88. The second kappa shape index (κ2) is 8.58. The average Bonchev–Trinajstić information content (AvgIpc) is 2.78. The smallest absolute Gasteiger partial charge is 0.288 e. The number of aromatic nitrogens is 4. The predicted octanol–water partition coefficient (Wildman–Crippen LogP) is 0.957. The van der Waals surface area contributed by atoms with Gasteiger partial charge in [0.2, 0.25) is 5.82 Å². The Kier molecular flexibility index (Phi) is 5.71. The van der Waals surface area contributed by atoms with Gasteiger partial charge in [-0.2, -0.15) is 0 Å². The number of rotatable bonds is 5. The summed E-state index contributed by atoms with van der Waals surface area (Å²) in [5, 5.41) is 2.52. The molecule has 0 spiro atoms. The van der Waals surface area contributed by atoms with Crippen molar-refractivity contribution in [2.24, 2.45) is 0 Å². The highest BCUT2D eigenvalue weighted by Gasteiger charge is 2.19. The van der Waals surface area contributed by atoms with Crippen LogP contribution in [0.15, 0.2) is 35.5 Å². The maximum Gasteiger partial charge on any atom is 0.288 e. The number of hydrogen-bond acceptors (Lipinski definition) is 7. The van der Waals surface area contributed by atoms with Gasteiger partial charge < -0.3 is 15.2 Å². The van der Waals surface area contributed by atoms with E-state index in [1.807, 2.05) is 25.3 Å². The van der Waals surface area contributed by atoms with E-state index in [0.717, 1.165) is 60.6 Å². The van der Waals surface area contributed by atoms with Gasteiger partial charge in [0.05, 0.1) is 29.1 Å². The van der Waals surface area contributed by atoms with Crippen LogP contribution in [0.3, 0.4) is 0 Å². The Balaban J connectivity index is 1.38. The minimum atomic E-state index is -0.289. The molecule has 30 heavy (non-hydrogen) atoms. The number of fused-ring (bicyclic) bond motifs is 1. The minimum absolute atomic E-state index is 0.0396. The summed E-state index contributed by atoms with van der Waals surface area (Å²) in [6.45, 7) is 6.22. The van der Waals surface area contributed by atoms with E-state index in [4.69, 9.17) is 0 Å². The SMILES string of the molecule is CCc1cc2ncc(CN3CCN(c4cnc(C(=O)NC)nc4)CC3)cc2[nH]c1=O. The molecule has 2 N–H and O–H groups in total. The quantitative estimate of drug-likeness (QED) is 0.649. The molecule has 1 amide bonds. The van der Waals surface area contributed by atoms with Gasteiger partial charge in [0.1, 0.15) is 0 Å². The number of nitrogens with one attached hydrogen (secondary N) is 2. The lowest BCUT2D eigenvalue weighted by Crippen LogP contribution is -2.46. The fraction of sp³-hybridized carbons (Fsp3) is 0.381. The summed E-state index contributed by atoms with van der Waals surface area (Å²) in [4.78, 5) is 44.0.